The van der Waals surface area contributed by atoms with Crippen LogP contribution in [0.25, 0.3) is 0 Å². The van der Waals surface area contributed by atoms with Crippen molar-refractivity contribution in [3.63, 3.8) is 0 Å². The molecular weight excluding hydrogens is 209 g/mol. The second kappa shape index (κ2) is 4.70. The van der Waals surface area contributed by atoms with Crippen molar-refractivity contribution in [2.24, 2.45) is 0 Å². The highest BCUT2D eigenvalue weighted by Crippen LogP contribution is 2.25. The second-order valence-corrected chi connectivity index (χ2v) is 3.70. The number of aliphatic hydroxyl groups excluding tert-OH is 1. The molecule has 0 amide bonds. The van der Waals surface area contributed by atoms with Gasteiger partial charge in [-0.3, -0.25) is 0 Å². The third-order valence-corrected chi connectivity index (χ3v) is 2.08. The van der Waals surface area contributed by atoms with Gasteiger partial charge in [0.15, 0.2) is 0 Å². The molecule has 2 nitrogen and oxygen atoms in total. The van der Waals surface area contributed by atoms with Gasteiger partial charge in [0, 0.05) is 11.6 Å². The first-order valence-electron chi connectivity index (χ1n) is 3.96. The van der Waals surface area contributed by atoms with Gasteiger partial charge in [-0.05, 0) is 25.1 Å². The third kappa shape index (κ3) is 3.43. The summed E-state index contributed by atoms with van der Waals surface area (Å²) in [5.41, 5.74) is 0.745. The first-order chi connectivity index (χ1) is 6.09. The molecule has 0 aliphatic carbocycles. The summed E-state index contributed by atoms with van der Waals surface area (Å²) in [7, 11) is 0. The van der Waals surface area contributed by atoms with E-state index in [-0.39, 0.29) is 0 Å². The first kappa shape index (κ1) is 10.6. The number of benzene rings is 1. The van der Waals surface area contributed by atoms with Gasteiger partial charge in [-0.25, -0.2) is 0 Å². The van der Waals surface area contributed by atoms with Gasteiger partial charge < -0.3 is 10.4 Å². The van der Waals surface area contributed by atoms with Crippen molar-refractivity contribution in [2.75, 3.05) is 11.9 Å². The fourth-order valence-electron chi connectivity index (χ4n) is 0.891. The minimum Gasteiger partial charge on any atom is -0.392 e. The van der Waals surface area contributed by atoms with E-state index < -0.39 is 6.10 Å². The molecule has 4 heteroatoms. The summed E-state index contributed by atoms with van der Waals surface area (Å²) in [6.07, 6.45) is -0.407. The highest BCUT2D eigenvalue weighted by molar-refractivity contribution is 6.35. The smallest absolute Gasteiger partial charge is 0.0684 e. The molecule has 0 aliphatic rings. The maximum absolute atomic E-state index is 9.04. The molecule has 2 N–H and O–H groups in total. The summed E-state index contributed by atoms with van der Waals surface area (Å²) >= 11 is 11.6. The van der Waals surface area contributed by atoms with Crippen LogP contribution in [0.15, 0.2) is 18.2 Å². The minimum atomic E-state index is -0.407. The molecule has 0 aliphatic heterocycles. The zero-order valence-corrected chi connectivity index (χ0v) is 8.73. The van der Waals surface area contributed by atoms with Crippen LogP contribution in [0, 0.1) is 0 Å². The summed E-state index contributed by atoms with van der Waals surface area (Å²) in [4.78, 5) is 0. The van der Waals surface area contributed by atoms with Crippen LogP contribution < -0.4 is 5.32 Å². The van der Waals surface area contributed by atoms with Crippen LogP contribution in [-0.2, 0) is 0 Å². The van der Waals surface area contributed by atoms with Crippen LogP contribution in [-0.4, -0.2) is 17.8 Å². The minimum absolute atomic E-state index is 0.407. The van der Waals surface area contributed by atoms with Gasteiger partial charge in [0.2, 0.25) is 0 Å². The predicted octanol–water partition coefficient (Wildman–Crippen LogP) is 2.79. The Morgan fingerprint density at radius 3 is 2.77 bits per heavy atom. The highest BCUT2D eigenvalue weighted by Gasteiger charge is 2.01. The SMILES string of the molecule is C[C@H](O)CNc1cc(Cl)ccc1Cl. The molecule has 0 saturated carbocycles. The Morgan fingerprint density at radius 2 is 2.15 bits per heavy atom. The van der Waals surface area contributed by atoms with Crippen molar-refractivity contribution in [1.82, 2.24) is 0 Å². The summed E-state index contributed by atoms with van der Waals surface area (Å²) in [5, 5.41) is 13.2. The van der Waals surface area contributed by atoms with Crippen LogP contribution in [0.3, 0.4) is 0 Å². The van der Waals surface area contributed by atoms with E-state index in [2.05, 4.69) is 5.32 Å². The fourth-order valence-corrected chi connectivity index (χ4v) is 1.25. The molecule has 1 aromatic rings. The van der Waals surface area contributed by atoms with Gasteiger partial charge in [0.05, 0.1) is 16.8 Å². The Bertz CT molecular complexity index is 289. The van der Waals surface area contributed by atoms with Crippen molar-refractivity contribution in [3.05, 3.63) is 28.2 Å². The van der Waals surface area contributed by atoms with E-state index in [1.807, 2.05) is 0 Å². The maximum Gasteiger partial charge on any atom is 0.0684 e. The number of hydrogen-bond donors (Lipinski definition) is 2. The van der Waals surface area contributed by atoms with Crippen molar-refractivity contribution in [2.45, 2.75) is 13.0 Å². The number of anilines is 1. The van der Waals surface area contributed by atoms with Crippen LogP contribution >= 0.6 is 23.2 Å². The Morgan fingerprint density at radius 1 is 1.46 bits per heavy atom. The third-order valence-electron chi connectivity index (χ3n) is 1.52. The van der Waals surface area contributed by atoms with Crippen LogP contribution in [0.2, 0.25) is 10.0 Å². The molecule has 0 bridgehead atoms. The van der Waals surface area contributed by atoms with Crippen molar-refractivity contribution in [3.8, 4) is 0 Å². The normalized spacial score (nSPS) is 12.6. The molecule has 72 valence electrons. The van der Waals surface area contributed by atoms with Gasteiger partial charge in [0.25, 0.3) is 0 Å². The van der Waals surface area contributed by atoms with Gasteiger partial charge in [-0.2, -0.15) is 0 Å². The lowest BCUT2D eigenvalue weighted by atomic mass is 10.3. The molecule has 13 heavy (non-hydrogen) atoms. The van der Waals surface area contributed by atoms with Gasteiger partial charge in [0.1, 0.15) is 0 Å². The lowest BCUT2D eigenvalue weighted by molar-refractivity contribution is 0.208. The molecule has 1 rings (SSSR count). The van der Waals surface area contributed by atoms with Gasteiger partial charge >= 0.3 is 0 Å². The molecule has 0 saturated heterocycles. The topological polar surface area (TPSA) is 32.3 Å². The quantitative estimate of drug-likeness (QED) is 0.820. The number of hydrogen-bond acceptors (Lipinski definition) is 2. The van der Waals surface area contributed by atoms with E-state index in [1.165, 1.54) is 0 Å². The molecule has 1 aromatic carbocycles. The maximum atomic E-state index is 9.04. The highest BCUT2D eigenvalue weighted by atomic mass is 35.5. The zero-order valence-electron chi connectivity index (χ0n) is 7.22. The largest absolute Gasteiger partial charge is 0.392 e. The van der Waals surface area contributed by atoms with Crippen molar-refractivity contribution in [1.29, 1.82) is 0 Å². The Kier molecular flexibility index (Phi) is 3.85. The van der Waals surface area contributed by atoms with E-state index >= 15 is 0 Å². The molecule has 0 aromatic heterocycles. The number of nitrogens with one attached hydrogen (secondary N) is 1. The number of halogens is 2. The van der Waals surface area contributed by atoms with Crippen molar-refractivity contribution >= 4 is 28.9 Å². The molecule has 0 spiro atoms. The lowest BCUT2D eigenvalue weighted by Gasteiger charge is -2.09. The van der Waals surface area contributed by atoms with Crippen molar-refractivity contribution < 1.29 is 5.11 Å². The molecule has 0 fully saturated rings. The van der Waals surface area contributed by atoms with E-state index in [0.717, 1.165) is 5.69 Å². The monoisotopic (exact) mass is 219 g/mol. The average molecular weight is 220 g/mol. The van der Waals surface area contributed by atoms with Crippen LogP contribution in [0.1, 0.15) is 6.92 Å². The molecule has 0 radical (unpaired) electrons. The van der Waals surface area contributed by atoms with Crippen LogP contribution in [0.5, 0.6) is 0 Å². The Labute approximate surface area is 87.5 Å². The predicted molar refractivity (Wildman–Crippen MR) is 56.6 cm³/mol. The Balaban J connectivity index is 2.70. The zero-order chi connectivity index (χ0) is 9.84. The molecular formula is C9H11Cl2NO. The van der Waals surface area contributed by atoms with E-state index in [0.29, 0.717) is 16.6 Å². The number of rotatable bonds is 3. The summed E-state index contributed by atoms with van der Waals surface area (Å²) < 4.78 is 0. The van der Waals surface area contributed by atoms with Gasteiger partial charge in [-0.1, -0.05) is 23.2 Å². The summed E-state index contributed by atoms with van der Waals surface area (Å²) in [5.74, 6) is 0. The van der Waals surface area contributed by atoms with Crippen LogP contribution in [0.4, 0.5) is 5.69 Å². The van der Waals surface area contributed by atoms with E-state index in [9.17, 15) is 0 Å². The number of aliphatic hydroxyl groups is 1. The molecule has 0 unspecified atom stereocenters. The standard InChI is InChI=1S/C9H11Cl2NO/c1-6(13)5-12-9-4-7(10)2-3-8(9)11/h2-4,6,12-13H,5H2,1H3/t6-/m0/s1. The fraction of sp³-hybridized carbons (Fsp3) is 0.333. The van der Waals surface area contributed by atoms with E-state index in [1.54, 1.807) is 25.1 Å². The lowest BCUT2D eigenvalue weighted by Crippen LogP contribution is -2.15. The summed E-state index contributed by atoms with van der Waals surface area (Å²) in [6, 6.07) is 5.16. The van der Waals surface area contributed by atoms with E-state index in [4.69, 9.17) is 28.3 Å². The molecule has 1 atom stereocenters. The Hall–Kier alpha value is -0.440. The average Bonchev–Trinajstić information content (AvgIpc) is 2.06. The summed E-state index contributed by atoms with van der Waals surface area (Å²) in [6.45, 7) is 2.16. The van der Waals surface area contributed by atoms with Gasteiger partial charge in [-0.15, -0.1) is 0 Å². The second-order valence-electron chi connectivity index (χ2n) is 2.85. The first-order valence-corrected chi connectivity index (χ1v) is 4.72. The molecule has 0 heterocycles.